The lowest BCUT2D eigenvalue weighted by molar-refractivity contribution is -0.195. The molecule has 7 heteroatoms. The van der Waals surface area contributed by atoms with Crippen molar-refractivity contribution >= 4 is 17.9 Å². The molecular weight excluding hydrogens is 424 g/mol. The van der Waals surface area contributed by atoms with E-state index in [4.69, 9.17) is 18.9 Å². The summed E-state index contributed by atoms with van der Waals surface area (Å²) in [5.41, 5.74) is 0.329. The molecule has 184 valence electrons. The average Bonchev–Trinajstić information content (AvgIpc) is 3.00. The lowest BCUT2D eigenvalue weighted by Gasteiger charge is -2.50. The van der Waals surface area contributed by atoms with Crippen LogP contribution >= 0.6 is 0 Å². The number of allylic oxidation sites excluding steroid dienone is 1. The van der Waals surface area contributed by atoms with Gasteiger partial charge in [-0.15, -0.1) is 0 Å². The van der Waals surface area contributed by atoms with Crippen LogP contribution < -0.4 is 0 Å². The maximum atomic E-state index is 12.1. The molecular formula is C26H38O7. The van der Waals surface area contributed by atoms with Gasteiger partial charge < -0.3 is 18.9 Å². The van der Waals surface area contributed by atoms with Crippen molar-refractivity contribution in [3.63, 3.8) is 0 Å². The quantitative estimate of drug-likeness (QED) is 0.350. The third-order valence-electron chi connectivity index (χ3n) is 7.40. The topological polar surface area (TPSA) is 88.1 Å². The van der Waals surface area contributed by atoms with Crippen LogP contribution in [0.3, 0.4) is 0 Å². The third-order valence-corrected chi connectivity index (χ3v) is 7.40. The van der Waals surface area contributed by atoms with Crippen molar-refractivity contribution in [2.75, 3.05) is 0 Å². The fourth-order valence-electron chi connectivity index (χ4n) is 6.51. The molecule has 0 amide bonds. The Morgan fingerprint density at radius 3 is 2.36 bits per heavy atom. The van der Waals surface area contributed by atoms with Crippen LogP contribution in [0.1, 0.15) is 74.1 Å². The fraction of sp³-hybridized carbons (Fsp3) is 0.731. The van der Waals surface area contributed by atoms with Gasteiger partial charge >= 0.3 is 17.9 Å². The molecule has 0 aromatic carbocycles. The molecule has 2 aliphatic heterocycles. The smallest absolute Gasteiger partial charge is 0.303 e. The zero-order valence-corrected chi connectivity index (χ0v) is 20.9. The summed E-state index contributed by atoms with van der Waals surface area (Å²) in [6, 6.07) is 0. The van der Waals surface area contributed by atoms with Gasteiger partial charge in [-0.1, -0.05) is 23.8 Å². The van der Waals surface area contributed by atoms with Crippen LogP contribution in [-0.2, 0) is 33.3 Å². The molecule has 7 nitrogen and oxygen atoms in total. The van der Waals surface area contributed by atoms with E-state index in [-0.39, 0.29) is 29.8 Å². The molecule has 1 saturated heterocycles. The van der Waals surface area contributed by atoms with Crippen LogP contribution in [0, 0.1) is 17.8 Å². The van der Waals surface area contributed by atoms with E-state index in [0.717, 1.165) is 18.4 Å². The molecule has 3 aliphatic rings. The van der Waals surface area contributed by atoms with Crippen LogP contribution in [0.2, 0.25) is 0 Å². The maximum absolute atomic E-state index is 12.1. The highest BCUT2D eigenvalue weighted by molar-refractivity contribution is 5.67. The zero-order chi connectivity index (χ0) is 24.7. The van der Waals surface area contributed by atoms with E-state index in [1.165, 1.54) is 26.3 Å². The van der Waals surface area contributed by atoms with Gasteiger partial charge in [-0.3, -0.25) is 14.4 Å². The second-order valence-corrected chi connectivity index (χ2v) is 10.6. The molecule has 0 radical (unpaired) electrons. The highest BCUT2D eigenvalue weighted by atomic mass is 16.6. The summed E-state index contributed by atoms with van der Waals surface area (Å²) >= 11 is 0. The standard InChI is InChI=1S/C26H38O7/c1-14-10-9-11-26(8,33-18(5)29)24-22-21(19(12-14)31-24)15(2)13-20(30-16(3)27)23(22)25(6,7)32-17(4)28/h10,19-24H,2,9,11-13H2,1,3-8H3/t19-,20-,21-,22+,23+,24-,26-/m1/s1. The Kier molecular flexibility index (Phi) is 7.13. The minimum atomic E-state index is -0.946. The summed E-state index contributed by atoms with van der Waals surface area (Å²) < 4.78 is 24.2. The number of fused-ring (bicyclic) bond motifs is 5. The van der Waals surface area contributed by atoms with E-state index in [2.05, 4.69) is 19.6 Å². The summed E-state index contributed by atoms with van der Waals surface area (Å²) in [6.07, 6.45) is 3.60. The highest BCUT2D eigenvalue weighted by Gasteiger charge is 2.63. The fourth-order valence-corrected chi connectivity index (χ4v) is 6.51. The summed E-state index contributed by atoms with van der Waals surface area (Å²) in [5.74, 6) is -1.80. The number of hydrogen-bond donors (Lipinski definition) is 0. The second-order valence-electron chi connectivity index (χ2n) is 10.6. The van der Waals surface area contributed by atoms with Crippen molar-refractivity contribution in [1.82, 2.24) is 0 Å². The number of carbonyl (C=O) groups is 3. The van der Waals surface area contributed by atoms with E-state index in [1.807, 2.05) is 20.8 Å². The molecule has 2 fully saturated rings. The first kappa shape index (κ1) is 25.5. The summed E-state index contributed by atoms with van der Waals surface area (Å²) in [7, 11) is 0. The molecule has 0 N–H and O–H groups in total. The van der Waals surface area contributed by atoms with Gasteiger partial charge in [-0.2, -0.15) is 0 Å². The van der Waals surface area contributed by atoms with Crippen molar-refractivity contribution in [2.45, 2.75) is 104 Å². The van der Waals surface area contributed by atoms with Gasteiger partial charge in [0.1, 0.15) is 23.4 Å². The summed E-state index contributed by atoms with van der Waals surface area (Å²) in [6.45, 7) is 16.2. The monoisotopic (exact) mass is 462 g/mol. The first-order valence-electron chi connectivity index (χ1n) is 11.8. The predicted octanol–water partition coefficient (Wildman–Crippen LogP) is 4.29. The number of hydrogen-bond acceptors (Lipinski definition) is 7. The van der Waals surface area contributed by atoms with E-state index in [0.29, 0.717) is 12.8 Å². The lowest BCUT2D eigenvalue weighted by atomic mass is 9.59. The molecule has 7 atom stereocenters. The lowest BCUT2D eigenvalue weighted by Crippen LogP contribution is -2.58. The Labute approximate surface area is 196 Å². The maximum Gasteiger partial charge on any atom is 0.303 e. The van der Waals surface area contributed by atoms with Crippen molar-refractivity contribution in [2.24, 2.45) is 17.8 Å². The van der Waals surface area contributed by atoms with Gasteiger partial charge in [-0.05, 0) is 47.0 Å². The second kappa shape index (κ2) is 9.24. The van der Waals surface area contributed by atoms with Crippen molar-refractivity contribution in [3.8, 4) is 0 Å². The Morgan fingerprint density at radius 1 is 1.12 bits per heavy atom. The van der Waals surface area contributed by atoms with Crippen molar-refractivity contribution in [3.05, 3.63) is 23.8 Å². The van der Waals surface area contributed by atoms with E-state index in [9.17, 15) is 14.4 Å². The largest absolute Gasteiger partial charge is 0.462 e. The van der Waals surface area contributed by atoms with Crippen LogP contribution in [0.5, 0.6) is 0 Å². The van der Waals surface area contributed by atoms with Gasteiger partial charge in [0.05, 0.1) is 6.10 Å². The number of ether oxygens (including phenoxy) is 4. The molecule has 2 bridgehead atoms. The molecule has 0 aromatic heterocycles. The molecule has 1 aliphatic carbocycles. The van der Waals surface area contributed by atoms with Crippen molar-refractivity contribution < 1.29 is 33.3 Å². The van der Waals surface area contributed by atoms with Crippen molar-refractivity contribution in [1.29, 1.82) is 0 Å². The Bertz CT molecular complexity index is 857. The van der Waals surface area contributed by atoms with E-state index >= 15 is 0 Å². The Morgan fingerprint density at radius 2 is 1.79 bits per heavy atom. The normalized spacial score (nSPS) is 36.5. The average molecular weight is 463 g/mol. The SMILES string of the molecule is C=C1C[C@@H](OC(C)=O)[C@H](C(C)(C)OC(C)=O)[C@@H]2[C@H]1[C@H]1CC(C)=CCC[C@@](C)(OC(C)=O)[C@@H]2O1. The summed E-state index contributed by atoms with van der Waals surface area (Å²) in [4.78, 5) is 36.2. The van der Waals surface area contributed by atoms with E-state index in [1.54, 1.807) is 0 Å². The molecule has 1 saturated carbocycles. The number of carbonyl (C=O) groups excluding carboxylic acids is 3. The third kappa shape index (κ3) is 5.18. The molecule has 3 rings (SSSR count). The molecule has 33 heavy (non-hydrogen) atoms. The molecule has 0 unspecified atom stereocenters. The predicted molar refractivity (Wildman–Crippen MR) is 122 cm³/mol. The van der Waals surface area contributed by atoms with Crippen LogP contribution in [0.4, 0.5) is 0 Å². The summed E-state index contributed by atoms with van der Waals surface area (Å²) in [5, 5.41) is 0. The van der Waals surface area contributed by atoms with Gasteiger partial charge in [0.25, 0.3) is 0 Å². The van der Waals surface area contributed by atoms with Gasteiger partial charge in [0.2, 0.25) is 0 Å². The van der Waals surface area contributed by atoms with Crippen LogP contribution in [-0.4, -0.2) is 47.4 Å². The van der Waals surface area contributed by atoms with Gasteiger partial charge in [0.15, 0.2) is 0 Å². The number of esters is 3. The molecule has 0 aromatic rings. The number of rotatable bonds is 4. The van der Waals surface area contributed by atoms with Crippen LogP contribution in [0.15, 0.2) is 23.8 Å². The Balaban J connectivity index is 2.17. The zero-order valence-electron chi connectivity index (χ0n) is 20.9. The van der Waals surface area contributed by atoms with Crippen LogP contribution in [0.25, 0.3) is 0 Å². The van der Waals surface area contributed by atoms with Gasteiger partial charge in [0, 0.05) is 44.9 Å². The Hall–Kier alpha value is -2.15. The first-order valence-corrected chi connectivity index (χ1v) is 11.8. The molecule has 2 heterocycles. The molecule has 0 spiro atoms. The van der Waals surface area contributed by atoms with Gasteiger partial charge in [-0.25, -0.2) is 0 Å². The highest BCUT2D eigenvalue weighted by Crippen LogP contribution is 2.57. The minimum Gasteiger partial charge on any atom is -0.462 e. The van der Waals surface area contributed by atoms with E-state index < -0.39 is 35.3 Å². The first-order chi connectivity index (χ1) is 15.2. The minimum absolute atomic E-state index is 0.0435.